The number of carbonyl (C=O) groups is 2. The first-order valence-electron chi connectivity index (χ1n) is 3.46. The number of hydrogen-bond donors (Lipinski definition) is 2. The highest BCUT2D eigenvalue weighted by molar-refractivity contribution is 7.80. The van der Waals surface area contributed by atoms with E-state index in [0.717, 1.165) is 0 Å². The highest BCUT2D eigenvalue weighted by Gasteiger charge is 2.11. The Morgan fingerprint density at radius 3 is 2.36 bits per heavy atom. The van der Waals surface area contributed by atoms with E-state index < -0.39 is 6.04 Å². The predicted molar refractivity (Wildman–Crippen MR) is 46.8 cm³/mol. The smallest absolute Gasteiger partial charge is 0.150 e. The van der Waals surface area contributed by atoms with E-state index in [1.54, 1.807) is 0 Å². The molecule has 0 heterocycles. The van der Waals surface area contributed by atoms with Crippen molar-refractivity contribution in [2.75, 3.05) is 5.75 Å². The van der Waals surface area contributed by atoms with Crippen molar-refractivity contribution >= 4 is 24.2 Å². The predicted octanol–water partition coefficient (Wildman–Crippen LogP) is 0.182. The van der Waals surface area contributed by atoms with Crippen molar-refractivity contribution in [1.82, 2.24) is 0 Å². The molecule has 0 aromatic carbocycles. The number of ketones is 2. The van der Waals surface area contributed by atoms with Gasteiger partial charge in [-0.3, -0.25) is 4.79 Å². The van der Waals surface area contributed by atoms with Gasteiger partial charge < -0.3 is 10.5 Å². The number of Topliss-reactive ketones (excluding diaryl/α,β-unsaturated/α-hetero) is 2. The summed E-state index contributed by atoms with van der Waals surface area (Å²) in [6.45, 7) is 1.46. The summed E-state index contributed by atoms with van der Waals surface area (Å²) in [6.07, 6.45) is 0.539. The lowest BCUT2D eigenvalue weighted by Crippen LogP contribution is -2.32. The number of hydrogen-bond acceptors (Lipinski definition) is 4. The summed E-state index contributed by atoms with van der Waals surface area (Å²) in [5, 5.41) is 0. The van der Waals surface area contributed by atoms with Gasteiger partial charge >= 0.3 is 0 Å². The van der Waals surface area contributed by atoms with Gasteiger partial charge in [-0.15, -0.1) is 0 Å². The summed E-state index contributed by atoms with van der Waals surface area (Å²) in [4.78, 5) is 21.4. The molecule has 0 saturated heterocycles. The summed E-state index contributed by atoms with van der Waals surface area (Å²) < 4.78 is 0. The molecular formula is C7H13NO2S. The van der Waals surface area contributed by atoms with E-state index in [2.05, 4.69) is 12.6 Å². The monoisotopic (exact) mass is 175 g/mol. The van der Waals surface area contributed by atoms with Gasteiger partial charge in [-0.25, -0.2) is 0 Å². The normalized spacial score (nSPS) is 12.6. The molecule has 0 fully saturated rings. The molecule has 2 N–H and O–H groups in total. The van der Waals surface area contributed by atoms with E-state index in [0.29, 0.717) is 12.2 Å². The van der Waals surface area contributed by atoms with E-state index in [1.165, 1.54) is 6.92 Å². The number of carbonyl (C=O) groups excluding carboxylic acids is 2. The van der Waals surface area contributed by atoms with Crippen LogP contribution in [0.2, 0.25) is 0 Å². The Kier molecular flexibility index (Phi) is 5.15. The average molecular weight is 175 g/mol. The first-order chi connectivity index (χ1) is 5.07. The van der Waals surface area contributed by atoms with Crippen LogP contribution >= 0.6 is 12.6 Å². The van der Waals surface area contributed by atoms with Gasteiger partial charge in [0.1, 0.15) is 5.78 Å². The van der Waals surface area contributed by atoms with Gasteiger partial charge in [0.05, 0.1) is 6.04 Å². The summed E-state index contributed by atoms with van der Waals surface area (Å²) >= 11 is 3.87. The van der Waals surface area contributed by atoms with Crippen molar-refractivity contribution in [2.45, 2.75) is 25.8 Å². The molecule has 0 aromatic heterocycles. The van der Waals surface area contributed by atoms with Gasteiger partial charge in [-0.1, -0.05) is 0 Å². The summed E-state index contributed by atoms with van der Waals surface area (Å²) in [7, 11) is 0. The molecule has 0 rings (SSSR count). The second-order valence-corrected chi connectivity index (χ2v) is 2.82. The standard InChI is InChI=1S/C7H13NO2S/c1-5(9)2-3-7(10)6(8)4-11/h6,11H,2-4,8H2,1H3. The fourth-order valence-electron chi connectivity index (χ4n) is 0.586. The van der Waals surface area contributed by atoms with E-state index in [1.807, 2.05) is 0 Å². The van der Waals surface area contributed by atoms with Gasteiger partial charge in [-0.05, 0) is 6.92 Å². The molecule has 0 spiro atoms. The lowest BCUT2D eigenvalue weighted by atomic mass is 10.1. The third kappa shape index (κ3) is 4.98. The van der Waals surface area contributed by atoms with E-state index >= 15 is 0 Å². The molecule has 0 saturated carbocycles. The molecule has 4 heteroatoms. The fraction of sp³-hybridized carbons (Fsp3) is 0.714. The molecule has 1 atom stereocenters. The van der Waals surface area contributed by atoms with Gasteiger partial charge in [0.2, 0.25) is 0 Å². The molecule has 0 amide bonds. The van der Waals surface area contributed by atoms with Crippen LogP contribution in [-0.4, -0.2) is 23.4 Å². The van der Waals surface area contributed by atoms with Crippen molar-refractivity contribution in [3.63, 3.8) is 0 Å². The molecule has 0 aromatic rings. The number of nitrogens with two attached hydrogens (primary N) is 1. The third-order valence-electron chi connectivity index (χ3n) is 1.33. The molecular weight excluding hydrogens is 162 g/mol. The average Bonchev–Trinajstić information content (AvgIpc) is 1.98. The molecule has 3 nitrogen and oxygen atoms in total. The molecule has 0 radical (unpaired) electrons. The zero-order chi connectivity index (χ0) is 8.85. The maximum absolute atomic E-state index is 11.0. The van der Waals surface area contributed by atoms with Crippen LogP contribution in [-0.2, 0) is 9.59 Å². The largest absolute Gasteiger partial charge is 0.321 e. The zero-order valence-corrected chi connectivity index (χ0v) is 7.43. The molecule has 0 aliphatic rings. The first-order valence-corrected chi connectivity index (χ1v) is 4.09. The zero-order valence-electron chi connectivity index (χ0n) is 6.54. The maximum Gasteiger partial charge on any atom is 0.150 e. The van der Waals surface area contributed by atoms with Gasteiger partial charge in [0, 0.05) is 18.6 Å². The van der Waals surface area contributed by atoms with Crippen molar-refractivity contribution in [1.29, 1.82) is 0 Å². The summed E-state index contributed by atoms with van der Waals surface area (Å²) in [5.74, 6) is 0.274. The molecule has 0 aliphatic carbocycles. The second kappa shape index (κ2) is 5.32. The molecule has 64 valence electrons. The van der Waals surface area contributed by atoms with Crippen LogP contribution in [0.3, 0.4) is 0 Å². The van der Waals surface area contributed by atoms with Crippen LogP contribution in [0.4, 0.5) is 0 Å². The summed E-state index contributed by atoms with van der Waals surface area (Å²) in [6, 6.07) is -0.516. The lowest BCUT2D eigenvalue weighted by Gasteiger charge is -2.04. The Morgan fingerprint density at radius 1 is 1.45 bits per heavy atom. The minimum Gasteiger partial charge on any atom is -0.321 e. The van der Waals surface area contributed by atoms with Crippen molar-refractivity contribution in [3.05, 3.63) is 0 Å². The summed E-state index contributed by atoms with van der Waals surface area (Å²) in [5.41, 5.74) is 5.37. The Bertz CT molecular complexity index is 159. The number of rotatable bonds is 5. The van der Waals surface area contributed by atoms with E-state index in [4.69, 9.17) is 5.73 Å². The lowest BCUT2D eigenvalue weighted by molar-refractivity contribution is -0.123. The fourth-order valence-corrected chi connectivity index (χ4v) is 0.790. The van der Waals surface area contributed by atoms with Gasteiger partial charge in [0.15, 0.2) is 5.78 Å². The third-order valence-corrected chi connectivity index (χ3v) is 1.73. The highest BCUT2D eigenvalue weighted by atomic mass is 32.1. The minimum atomic E-state index is -0.516. The molecule has 0 aliphatic heterocycles. The maximum atomic E-state index is 11.0. The SMILES string of the molecule is CC(=O)CCC(=O)C(N)CS. The van der Waals surface area contributed by atoms with E-state index in [-0.39, 0.29) is 18.0 Å². The van der Waals surface area contributed by atoms with Crippen LogP contribution in [0, 0.1) is 0 Å². The van der Waals surface area contributed by atoms with Crippen LogP contribution in [0.25, 0.3) is 0 Å². The van der Waals surface area contributed by atoms with Crippen LogP contribution in [0.1, 0.15) is 19.8 Å². The first kappa shape index (κ1) is 10.7. The second-order valence-electron chi connectivity index (χ2n) is 2.46. The van der Waals surface area contributed by atoms with E-state index in [9.17, 15) is 9.59 Å². The Hall–Kier alpha value is -0.350. The molecule has 0 bridgehead atoms. The van der Waals surface area contributed by atoms with Gasteiger partial charge in [-0.2, -0.15) is 12.6 Å². The molecule has 11 heavy (non-hydrogen) atoms. The molecule has 1 unspecified atom stereocenters. The van der Waals surface area contributed by atoms with Crippen molar-refractivity contribution in [2.24, 2.45) is 5.73 Å². The van der Waals surface area contributed by atoms with Crippen LogP contribution < -0.4 is 5.73 Å². The Morgan fingerprint density at radius 2 is 2.00 bits per heavy atom. The van der Waals surface area contributed by atoms with Crippen molar-refractivity contribution < 1.29 is 9.59 Å². The number of thiol groups is 1. The van der Waals surface area contributed by atoms with Crippen molar-refractivity contribution in [3.8, 4) is 0 Å². The van der Waals surface area contributed by atoms with Crippen LogP contribution in [0.15, 0.2) is 0 Å². The topological polar surface area (TPSA) is 60.2 Å². The highest BCUT2D eigenvalue weighted by Crippen LogP contribution is 1.96. The quantitative estimate of drug-likeness (QED) is 0.586. The van der Waals surface area contributed by atoms with Crippen LogP contribution in [0.5, 0.6) is 0 Å². The Balaban J connectivity index is 3.60. The Labute approximate surface area is 71.7 Å². The minimum absolute atomic E-state index is 0.0183. The van der Waals surface area contributed by atoms with Gasteiger partial charge in [0.25, 0.3) is 0 Å².